The van der Waals surface area contributed by atoms with E-state index in [1.54, 1.807) is 0 Å². The first-order chi connectivity index (χ1) is 7.43. The smallest absolute Gasteiger partial charge is 0.0991 e. The van der Waals surface area contributed by atoms with Crippen LogP contribution in [0.4, 0.5) is 0 Å². The van der Waals surface area contributed by atoms with Crippen LogP contribution in [-0.2, 0) is 5.41 Å². The largest absolute Gasteiger partial charge is 0.358 e. The SMILES string of the molecule is Cc1c(C(C)(C)C)[nH]c2ccc(C#N)cc12. The average molecular weight is 212 g/mol. The van der Waals surface area contributed by atoms with Crippen molar-refractivity contribution in [1.29, 1.82) is 5.26 Å². The van der Waals surface area contributed by atoms with Gasteiger partial charge in [0.1, 0.15) is 0 Å². The summed E-state index contributed by atoms with van der Waals surface area (Å²) < 4.78 is 0. The fourth-order valence-electron chi connectivity index (χ4n) is 2.15. The molecule has 0 aliphatic carbocycles. The number of fused-ring (bicyclic) bond motifs is 1. The number of nitriles is 1. The lowest BCUT2D eigenvalue weighted by Crippen LogP contribution is -2.12. The summed E-state index contributed by atoms with van der Waals surface area (Å²) in [5.41, 5.74) is 4.43. The lowest BCUT2D eigenvalue weighted by atomic mass is 9.89. The van der Waals surface area contributed by atoms with Gasteiger partial charge in [0.25, 0.3) is 0 Å². The average Bonchev–Trinajstić information content (AvgIpc) is 2.55. The number of benzene rings is 1. The van der Waals surface area contributed by atoms with E-state index in [-0.39, 0.29) is 5.41 Å². The predicted octanol–water partition coefficient (Wildman–Crippen LogP) is 3.65. The zero-order valence-electron chi connectivity index (χ0n) is 10.2. The van der Waals surface area contributed by atoms with E-state index >= 15 is 0 Å². The first-order valence-corrected chi connectivity index (χ1v) is 5.46. The lowest BCUT2D eigenvalue weighted by molar-refractivity contribution is 0.570. The fraction of sp³-hybridized carbons (Fsp3) is 0.357. The van der Waals surface area contributed by atoms with Crippen LogP contribution in [0.25, 0.3) is 10.9 Å². The zero-order chi connectivity index (χ0) is 11.9. The molecule has 0 unspecified atom stereocenters. The molecule has 2 nitrogen and oxygen atoms in total. The van der Waals surface area contributed by atoms with Crippen molar-refractivity contribution in [3.8, 4) is 6.07 Å². The minimum atomic E-state index is 0.107. The number of aryl methyl sites for hydroxylation is 1. The quantitative estimate of drug-likeness (QED) is 0.711. The molecule has 82 valence electrons. The Morgan fingerprint density at radius 2 is 1.94 bits per heavy atom. The van der Waals surface area contributed by atoms with Gasteiger partial charge in [0.15, 0.2) is 0 Å². The molecule has 0 atom stereocenters. The first-order valence-electron chi connectivity index (χ1n) is 5.46. The molecule has 1 aromatic heterocycles. The summed E-state index contributed by atoms with van der Waals surface area (Å²) in [5.74, 6) is 0. The molecule has 2 rings (SSSR count). The maximum absolute atomic E-state index is 8.89. The molecular formula is C14H16N2. The van der Waals surface area contributed by atoms with Gasteiger partial charge in [-0.1, -0.05) is 20.8 Å². The van der Waals surface area contributed by atoms with Gasteiger partial charge in [-0.25, -0.2) is 0 Å². The highest BCUT2D eigenvalue weighted by Gasteiger charge is 2.20. The van der Waals surface area contributed by atoms with E-state index in [2.05, 4.69) is 38.7 Å². The van der Waals surface area contributed by atoms with Gasteiger partial charge in [0, 0.05) is 22.0 Å². The van der Waals surface area contributed by atoms with Crippen molar-refractivity contribution in [3.05, 3.63) is 35.0 Å². The number of rotatable bonds is 0. The Balaban J connectivity index is 2.75. The second-order valence-electron chi connectivity index (χ2n) is 5.25. The Hall–Kier alpha value is -1.75. The molecule has 0 aliphatic heterocycles. The molecule has 0 amide bonds. The number of nitrogens with zero attached hydrogens (tertiary/aromatic N) is 1. The number of H-pyrrole nitrogens is 1. The molecule has 2 aromatic rings. The molecule has 0 aliphatic rings. The monoisotopic (exact) mass is 212 g/mol. The highest BCUT2D eigenvalue weighted by molar-refractivity contribution is 5.86. The summed E-state index contributed by atoms with van der Waals surface area (Å²) in [6.07, 6.45) is 0. The highest BCUT2D eigenvalue weighted by Crippen LogP contribution is 2.30. The number of nitrogens with one attached hydrogen (secondary N) is 1. The van der Waals surface area contributed by atoms with Gasteiger partial charge in [-0.05, 0) is 30.7 Å². The summed E-state index contributed by atoms with van der Waals surface area (Å²) >= 11 is 0. The minimum absolute atomic E-state index is 0.107. The van der Waals surface area contributed by atoms with Crippen molar-refractivity contribution in [2.24, 2.45) is 0 Å². The number of hydrogen-bond donors (Lipinski definition) is 1. The first kappa shape index (κ1) is 10.8. The lowest BCUT2D eigenvalue weighted by Gasteiger charge is -2.17. The molecular weight excluding hydrogens is 196 g/mol. The van der Waals surface area contributed by atoms with E-state index in [0.717, 1.165) is 16.5 Å². The van der Waals surface area contributed by atoms with Crippen LogP contribution < -0.4 is 0 Å². The van der Waals surface area contributed by atoms with Crippen LogP contribution >= 0.6 is 0 Å². The van der Waals surface area contributed by atoms with Gasteiger partial charge < -0.3 is 4.98 Å². The normalized spacial score (nSPS) is 11.7. The van der Waals surface area contributed by atoms with Crippen LogP contribution in [0, 0.1) is 18.3 Å². The molecule has 16 heavy (non-hydrogen) atoms. The van der Waals surface area contributed by atoms with Crippen LogP contribution in [0.1, 0.15) is 37.6 Å². The third kappa shape index (κ3) is 1.59. The molecule has 0 fully saturated rings. The van der Waals surface area contributed by atoms with Crippen molar-refractivity contribution in [1.82, 2.24) is 4.98 Å². The maximum atomic E-state index is 8.89. The molecule has 0 bridgehead atoms. The van der Waals surface area contributed by atoms with Crippen LogP contribution in [0.5, 0.6) is 0 Å². The Kier molecular flexibility index (Phi) is 2.27. The van der Waals surface area contributed by atoms with Gasteiger partial charge >= 0.3 is 0 Å². The van der Waals surface area contributed by atoms with E-state index in [1.165, 1.54) is 11.3 Å². The Labute approximate surface area is 95.9 Å². The number of aromatic nitrogens is 1. The Morgan fingerprint density at radius 3 is 2.50 bits per heavy atom. The summed E-state index contributed by atoms with van der Waals surface area (Å²) in [6, 6.07) is 7.97. The molecule has 0 radical (unpaired) electrons. The van der Waals surface area contributed by atoms with Crippen molar-refractivity contribution in [2.45, 2.75) is 33.1 Å². The van der Waals surface area contributed by atoms with Gasteiger partial charge in [-0.3, -0.25) is 0 Å². The minimum Gasteiger partial charge on any atom is -0.358 e. The van der Waals surface area contributed by atoms with Crippen molar-refractivity contribution in [2.75, 3.05) is 0 Å². The highest BCUT2D eigenvalue weighted by atomic mass is 14.7. The van der Waals surface area contributed by atoms with Crippen molar-refractivity contribution >= 4 is 10.9 Å². The standard InChI is InChI=1S/C14H16N2/c1-9-11-7-10(8-15)5-6-12(11)16-13(9)14(2,3)4/h5-7,16H,1-4H3. The molecule has 2 heteroatoms. The van der Waals surface area contributed by atoms with Gasteiger partial charge in [0.05, 0.1) is 11.6 Å². The summed E-state index contributed by atoms with van der Waals surface area (Å²) in [6.45, 7) is 8.68. The van der Waals surface area contributed by atoms with E-state index < -0.39 is 0 Å². The molecule has 0 saturated heterocycles. The zero-order valence-corrected chi connectivity index (χ0v) is 10.2. The van der Waals surface area contributed by atoms with E-state index in [1.807, 2.05) is 18.2 Å². The molecule has 0 saturated carbocycles. The van der Waals surface area contributed by atoms with Gasteiger partial charge in [-0.2, -0.15) is 5.26 Å². The second-order valence-corrected chi connectivity index (χ2v) is 5.25. The number of hydrogen-bond acceptors (Lipinski definition) is 1. The third-order valence-corrected chi connectivity index (χ3v) is 2.94. The van der Waals surface area contributed by atoms with E-state index in [0.29, 0.717) is 0 Å². The van der Waals surface area contributed by atoms with Crippen LogP contribution in [0.15, 0.2) is 18.2 Å². The second kappa shape index (κ2) is 3.38. The Morgan fingerprint density at radius 1 is 1.25 bits per heavy atom. The van der Waals surface area contributed by atoms with Crippen molar-refractivity contribution in [3.63, 3.8) is 0 Å². The van der Waals surface area contributed by atoms with E-state index in [4.69, 9.17) is 5.26 Å². The third-order valence-electron chi connectivity index (χ3n) is 2.94. The summed E-state index contributed by atoms with van der Waals surface area (Å²) in [5, 5.41) is 10.1. The summed E-state index contributed by atoms with van der Waals surface area (Å²) in [4.78, 5) is 3.45. The Bertz CT molecular complexity index is 577. The summed E-state index contributed by atoms with van der Waals surface area (Å²) in [7, 11) is 0. The van der Waals surface area contributed by atoms with E-state index in [9.17, 15) is 0 Å². The topological polar surface area (TPSA) is 39.6 Å². The van der Waals surface area contributed by atoms with Crippen LogP contribution in [-0.4, -0.2) is 4.98 Å². The molecule has 0 spiro atoms. The van der Waals surface area contributed by atoms with Crippen LogP contribution in [0.3, 0.4) is 0 Å². The van der Waals surface area contributed by atoms with Crippen molar-refractivity contribution < 1.29 is 0 Å². The molecule has 1 N–H and O–H groups in total. The maximum Gasteiger partial charge on any atom is 0.0991 e. The molecule has 1 heterocycles. The molecule has 1 aromatic carbocycles. The number of aromatic amines is 1. The van der Waals surface area contributed by atoms with Crippen LogP contribution in [0.2, 0.25) is 0 Å². The van der Waals surface area contributed by atoms with Gasteiger partial charge in [0.2, 0.25) is 0 Å². The predicted molar refractivity (Wildman–Crippen MR) is 66.5 cm³/mol. The van der Waals surface area contributed by atoms with Gasteiger partial charge in [-0.15, -0.1) is 0 Å². The fourth-order valence-corrected chi connectivity index (χ4v) is 2.15.